The molecule has 3 nitrogen and oxygen atoms in total. The second-order valence-electron chi connectivity index (χ2n) is 3.90. The van der Waals surface area contributed by atoms with Crippen molar-refractivity contribution >= 4 is 5.78 Å². The first-order valence-electron chi connectivity index (χ1n) is 4.83. The number of rotatable bonds is 1. The number of hydrogen-bond donors (Lipinski definition) is 2. The molecule has 1 saturated carbocycles. The summed E-state index contributed by atoms with van der Waals surface area (Å²) in [5.41, 5.74) is 0.801. The molecule has 72 valence electrons. The van der Waals surface area contributed by atoms with Gasteiger partial charge in [0.15, 0.2) is 11.5 Å². The maximum absolute atomic E-state index is 11.1. The normalized spacial score (nSPS) is 34.7. The van der Waals surface area contributed by atoms with Crippen molar-refractivity contribution in [1.82, 2.24) is 0 Å². The van der Waals surface area contributed by atoms with Crippen LogP contribution in [0.3, 0.4) is 0 Å². The smallest absolute Gasteiger partial charge is 0.197 e. The maximum Gasteiger partial charge on any atom is 0.197 e. The van der Waals surface area contributed by atoms with Crippen LogP contribution < -0.4 is 0 Å². The minimum Gasteiger partial charge on any atom is -0.504 e. The number of aliphatic hydroxyl groups is 2. The molecule has 1 fully saturated rings. The molecular weight excluding hydrogens is 168 g/mol. The highest BCUT2D eigenvalue weighted by molar-refractivity contribution is 5.96. The van der Waals surface area contributed by atoms with Crippen LogP contribution in [0.1, 0.15) is 32.1 Å². The van der Waals surface area contributed by atoms with Crippen LogP contribution in [0.5, 0.6) is 0 Å². The minimum absolute atomic E-state index is 0.0476. The summed E-state index contributed by atoms with van der Waals surface area (Å²) in [5, 5.41) is 19.1. The Balaban J connectivity index is 2.21. The molecule has 0 heterocycles. The van der Waals surface area contributed by atoms with E-state index in [9.17, 15) is 15.0 Å². The molecule has 0 amide bonds. The highest BCUT2D eigenvalue weighted by Gasteiger charge is 2.34. The standard InChI is InChI=1S/C10H14O3/c11-8-3-1-2-6(8)7-4-5-9(12)10(7)13/h6,8,11,13H,1-5H2/t6-,8+/m1/s1. The van der Waals surface area contributed by atoms with Crippen LogP contribution in [0.2, 0.25) is 0 Å². The lowest BCUT2D eigenvalue weighted by molar-refractivity contribution is -0.117. The van der Waals surface area contributed by atoms with Gasteiger partial charge >= 0.3 is 0 Å². The molecule has 0 aromatic heterocycles. The van der Waals surface area contributed by atoms with E-state index >= 15 is 0 Å². The third-order valence-electron chi connectivity index (χ3n) is 3.12. The Bertz CT molecular complexity index is 267. The third-order valence-corrected chi connectivity index (χ3v) is 3.12. The minimum atomic E-state index is -0.344. The largest absolute Gasteiger partial charge is 0.504 e. The van der Waals surface area contributed by atoms with Gasteiger partial charge in [-0.05, 0) is 24.8 Å². The van der Waals surface area contributed by atoms with E-state index in [4.69, 9.17) is 0 Å². The van der Waals surface area contributed by atoms with E-state index in [2.05, 4.69) is 0 Å². The van der Waals surface area contributed by atoms with Crippen LogP contribution in [-0.2, 0) is 4.79 Å². The van der Waals surface area contributed by atoms with E-state index < -0.39 is 0 Å². The average molecular weight is 182 g/mol. The Labute approximate surface area is 77.1 Å². The van der Waals surface area contributed by atoms with E-state index in [1.165, 1.54) is 0 Å². The highest BCUT2D eigenvalue weighted by atomic mass is 16.3. The zero-order valence-electron chi connectivity index (χ0n) is 7.49. The van der Waals surface area contributed by atoms with Crippen LogP contribution in [0.15, 0.2) is 11.3 Å². The number of Topliss-reactive ketones (excluding diaryl/α,β-unsaturated/α-hetero) is 1. The van der Waals surface area contributed by atoms with E-state index in [1.54, 1.807) is 0 Å². The van der Waals surface area contributed by atoms with Crippen LogP contribution in [0, 0.1) is 5.92 Å². The summed E-state index contributed by atoms with van der Waals surface area (Å²) in [6.45, 7) is 0. The first kappa shape index (κ1) is 8.75. The Morgan fingerprint density at radius 3 is 2.46 bits per heavy atom. The number of carbonyl (C=O) groups excluding carboxylic acids is 1. The van der Waals surface area contributed by atoms with Gasteiger partial charge in [0.2, 0.25) is 0 Å². The number of aliphatic hydroxyl groups excluding tert-OH is 2. The lowest BCUT2D eigenvalue weighted by Crippen LogP contribution is -2.15. The van der Waals surface area contributed by atoms with Crippen LogP contribution in [0.25, 0.3) is 0 Å². The number of ketones is 1. The predicted octanol–water partition coefficient (Wildman–Crippen LogP) is 1.32. The summed E-state index contributed by atoms with van der Waals surface area (Å²) >= 11 is 0. The molecule has 2 N–H and O–H groups in total. The molecule has 0 aromatic carbocycles. The molecule has 0 unspecified atom stereocenters. The van der Waals surface area contributed by atoms with Crippen LogP contribution in [-0.4, -0.2) is 22.1 Å². The van der Waals surface area contributed by atoms with Gasteiger partial charge in [0.25, 0.3) is 0 Å². The van der Waals surface area contributed by atoms with Gasteiger partial charge in [-0.15, -0.1) is 0 Å². The fourth-order valence-corrected chi connectivity index (χ4v) is 2.37. The van der Waals surface area contributed by atoms with Crippen molar-refractivity contribution in [3.63, 3.8) is 0 Å². The fraction of sp³-hybridized carbons (Fsp3) is 0.700. The molecule has 2 atom stereocenters. The first-order chi connectivity index (χ1) is 6.20. The Morgan fingerprint density at radius 2 is 2.00 bits per heavy atom. The van der Waals surface area contributed by atoms with E-state index in [-0.39, 0.29) is 23.6 Å². The van der Waals surface area contributed by atoms with Crippen molar-refractivity contribution < 1.29 is 15.0 Å². The molecule has 0 bridgehead atoms. The molecule has 0 spiro atoms. The Kier molecular flexibility index (Phi) is 2.12. The molecular formula is C10H14O3. The lowest BCUT2D eigenvalue weighted by Gasteiger charge is -2.15. The second kappa shape index (κ2) is 3.14. The van der Waals surface area contributed by atoms with Gasteiger partial charge in [0, 0.05) is 12.3 Å². The van der Waals surface area contributed by atoms with Gasteiger partial charge in [-0.2, -0.15) is 0 Å². The van der Waals surface area contributed by atoms with E-state index in [0.29, 0.717) is 12.8 Å². The molecule has 2 aliphatic carbocycles. The molecule has 0 radical (unpaired) electrons. The second-order valence-corrected chi connectivity index (χ2v) is 3.90. The van der Waals surface area contributed by atoms with Crippen molar-refractivity contribution in [1.29, 1.82) is 0 Å². The quantitative estimate of drug-likeness (QED) is 0.643. The average Bonchev–Trinajstić information content (AvgIpc) is 2.62. The Morgan fingerprint density at radius 1 is 1.23 bits per heavy atom. The monoisotopic (exact) mass is 182 g/mol. The highest BCUT2D eigenvalue weighted by Crippen LogP contribution is 2.38. The van der Waals surface area contributed by atoms with E-state index in [0.717, 1.165) is 24.8 Å². The fourth-order valence-electron chi connectivity index (χ4n) is 2.37. The predicted molar refractivity (Wildman–Crippen MR) is 47.2 cm³/mol. The zero-order chi connectivity index (χ0) is 9.42. The van der Waals surface area contributed by atoms with Gasteiger partial charge in [0.05, 0.1) is 6.10 Å². The summed E-state index contributed by atoms with van der Waals surface area (Å²) < 4.78 is 0. The van der Waals surface area contributed by atoms with Crippen LogP contribution >= 0.6 is 0 Å². The molecule has 3 heteroatoms. The summed E-state index contributed by atoms with van der Waals surface area (Å²) in [5.74, 6) is -0.175. The van der Waals surface area contributed by atoms with Gasteiger partial charge in [-0.25, -0.2) is 0 Å². The first-order valence-corrected chi connectivity index (χ1v) is 4.83. The number of hydrogen-bond acceptors (Lipinski definition) is 3. The van der Waals surface area contributed by atoms with Gasteiger partial charge in [0.1, 0.15) is 0 Å². The molecule has 2 aliphatic rings. The van der Waals surface area contributed by atoms with Crippen molar-refractivity contribution in [2.75, 3.05) is 0 Å². The molecule has 0 aromatic rings. The SMILES string of the molecule is O=C1CCC([C@H]2CCC[C@@H]2O)=C1O. The summed E-state index contributed by atoms with van der Waals surface area (Å²) in [7, 11) is 0. The summed E-state index contributed by atoms with van der Waals surface area (Å²) in [6, 6.07) is 0. The molecule has 0 saturated heterocycles. The van der Waals surface area contributed by atoms with Gasteiger partial charge in [-0.3, -0.25) is 4.79 Å². The molecule has 0 aliphatic heterocycles. The molecule has 2 rings (SSSR count). The Hall–Kier alpha value is -0.830. The lowest BCUT2D eigenvalue weighted by atomic mass is 9.94. The third kappa shape index (κ3) is 1.37. The van der Waals surface area contributed by atoms with Gasteiger partial charge < -0.3 is 10.2 Å². The zero-order valence-corrected chi connectivity index (χ0v) is 7.49. The number of carbonyl (C=O) groups is 1. The molecule has 13 heavy (non-hydrogen) atoms. The van der Waals surface area contributed by atoms with Crippen molar-refractivity contribution in [2.45, 2.75) is 38.2 Å². The van der Waals surface area contributed by atoms with Crippen LogP contribution in [0.4, 0.5) is 0 Å². The van der Waals surface area contributed by atoms with E-state index in [1.807, 2.05) is 0 Å². The number of allylic oxidation sites excluding steroid dienone is 1. The maximum atomic E-state index is 11.1. The summed E-state index contributed by atoms with van der Waals surface area (Å²) in [6.07, 6.45) is 3.43. The van der Waals surface area contributed by atoms with Crippen molar-refractivity contribution in [3.05, 3.63) is 11.3 Å². The topological polar surface area (TPSA) is 57.5 Å². The van der Waals surface area contributed by atoms with Crippen molar-refractivity contribution in [3.8, 4) is 0 Å². The van der Waals surface area contributed by atoms with Gasteiger partial charge in [-0.1, -0.05) is 6.42 Å². The van der Waals surface area contributed by atoms with Crippen molar-refractivity contribution in [2.24, 2.45) is 5.92 Å². The summed E-state index contributed by atoms with van der Waals surface area (Å²) in [4.78, 5) is 11.1.